The Labute approximate surface area is 130 Å². The van der Waals surface area contributed by atoms with Crippen molar-refractivity contribution in [3.63, 3.8) is 0 Å². The van der Waals surface area contributed by atoms with Crippen LogP contribution in [-0.2, 0) is 5.54 Å². The van der Waals surface area contributed by atoms with E-state index in [1.54, 1.807) is 11.8 Å². The summed E-state index contributed by atoms with van der Waals surface area (Å²) in [5.74, 6) is 0. The fourth-order valence-electron chi connectivity index (χ4n) is 2.02. The summed E-state index contributed by atoms with van der Waals surface area (Å²) in [6.45, 7) is 8.36. The summed E-state index contributed by atoms with van der Waals surface area (Å²) in [5.41, 5.74) is 7.70. The summed E-state index contributed by atoms with van der Waals surface area (Å²) in [4.78, 5) is 5.72. The number of pyridine rings is 1. The minimum atomic E-state index is -0.538. The van der Waals surface area contributed by atoms with Crippen molar-refractivity contribution in [2.75, 3.05) is 6.26 Å². The van der Waals surface area contributed by atoms with E-state index in [-0.39, 0.29) is 5.41 Å². The third-order valence-corrected chi connectivity index (χ3v) is 5.11. The summed E-state index contributed by atoms with van der Waals surface area (Å²) in [6, 6.07) is 8.30. The minimum absolute atomic E-state index is 0.106. The molecular formula is C16H21ClN2S. The maximum atomic E-state index is 6.53. The molecule has 0 bridgehead atoms. The molecule has 0 aliphatic heterocycles. The largest absolute Gasteiger partial charge is 0.321 e. The lowest BCUT2D eigenvalue weighted by atomic mass is 9.71. The topological polar surface area (TPSA) is 38.9 Å². The van der Waals surface area contributed by atoms with Crippen LogP contribution in [0.5, 0.6) is 0 Å². The number of halogens is 1. The number of nitrogens with two attached hydrogens (primary N) is 1. The van der Waals surface area contributed by atoms with Crippen molar-refractivity contribution < 1.29 is 0 Å². The van der Waals surface area contributed by atoms with Gasteiger partial charge in [0.25, 0.3) is 0 Å². The summed E-state index contributed by atoms with van der Waals surface area (Å²) in [6.07, 6.45) is 2.05. The number of hydrogen-bond acceptors (Lipinski definition) is 3. The summed E-state index contributed by atoms with van der Waals surface area (Å²) < 4.78 is 0. The smallest absolute Gasteiger partial charge is 0.134 e. The first kappa shape index (κ1) is 15.6. The van der Waals surface area contributed by atoms with E-state index in [0.29, 0.717) is 5.15 Å². The molecule has 0 saturated heterocycles. The Kier molecular flexibility index (Phi) is 4.07. The van der Waals surface area contributed by atoms with Crippen molar-refractivity contribution in [3.8, 4) is 0 Å². The van der Waals surface area contributed by atoms with Gasteiger partial charge in [0.05, 0.1) is 5.52 Å². The van der Waals surface area contributed by atoms with Crippen LogP contribution in [0, 0.1) is 5.41 Å². The highest BCUT2D eigenvalue weighted by atomic mass is 35.5. The first-order valence-corrected chi connectivity index (χ1v) is 8.21. The van der Waals surface area contributed by atoms with Gasteiger partial charge in [0.15, 0.2) is 0 Å². The van der Waals surface area contributed by atoms with Gasteiger partial charge in [-0.25, -0.2) is 4.98 Å². The second-order valence-electron chi connectivity index (χ2n) is 6.34. The Morgan fingerprint density at radius 3 is 2.35 bits per heavy atom. The second-order valence-corrected chi connectivity index (χ2v) is 7.58. The highest BCUT2D eigenvalue weighted by Crippen LogP contribution is 2.40. The average Bonchev–Trinajstić information content (AvgIpc) is 2.35. The summed E-state index contributed by atoms with van der Waals surface area (Å²) >= 11 is 8.09. The molecule has 0 fully saturated rings. The normalized spacial score (nSPS) is 15.3. The SMILES string of the molecule is CSc1ccc2cc(C(C)(N)C(C)(C)C)c(Cl)nc2c1. The van der Waals surface area contributed by atoms with Gasteiger partial charge in [-0.3, -0.25) is 0 Å². The fraction of sp³-hybridized carbons (Fsp3) is 0.438. The fourth-order valence-corrected chi connectivity index (χ4v) is 2.79. The Balaban J connectivity index is 2.65. The Hall–Kier alpha value is -0.770. The molecule has 1 heterocycles. The molecule has 1 aromatic carbocycles. The van der Waals surface area contributed by atoms with Gasteiger partial charge in [-0.2, -0.15) is 0 Å². The van der Waals surface area contributed by atoms with Crippen LogP contribution in [0.4, 0.5) is 0 Å². The predicted octanol–water partition coefficient (Wildman–Crippen LogP) is 4.83. The Morgan fingerprint density at radius 1 is 1.15 bits per heavy atom. The molecule has 0 saturated carbocycles. The highest BCUT2D eigenvalue weighted by molar-refractivity contribution is 7.98. The highest BCUT2D eigenvalue weighted by Gasteiger charge is 2.37. The molecular weight excluding hydrogens is 288 g/mol. The van der Waals surface area contributed by atoms with Crippen LogP contribution < -0.4 is 5.73 Å². The van der Waals surface area contributed by atoms with Gasteiger partial charge < -0.3 is 5.73 Å². The van der Waals surface area contributed by atoms with Crippen molar-refractivity contribution in [3.05, 3.63) is 35.0 Å². The van der Waals surface area contributed by atoms with Gasteiger partial charge in [-0.05, 0) is 36.8 Å². The molecule has 0 radical (unpaired) electrons. The molecule has 2 nitrogen and oxygen atoms in total. The van der Waals surface area contributed by atoms with Crippen LogP contribution >= 0.6 is 23.4 Å². The zero-order valence-corrected chi connectivity index (χ0v) is 14.2. The van der Waals surface area contributed by atoms with Crippen molar-refractivity contribution >= 4 is 34.3 Å². The monoisotopic (exact) mass is 308 g/mol. The number of thioether (sulfide) groups is 1. The minimum Gasteiger partial charge on any atom is -0.321 e. The molecule has 1 unspecified atom stereocenters. The first-order chi connectivity index (χ1) is 9.16. The van der Waals surface area contributed by atoms with Crippen molar-refractivity contribution in [1.29, 1.82) is 0 Å². The van der Waals surface area contributed by atoms with E-state index in [1.165, 1.54) is 4.90 Å². The lowest BCUT2D eigenvalue weighted by Gasteiger charge is -2.39. The van der Waals surface area contributed by atoms with Crippen LogP contribution in [0.25, 0.3) is 10.9 Å². The van der Waals surface area contributed by atoms with Gasteiger partial charge >= 0.3 is 0 Å². The standard InChI is InChI=1S/C16H21ClN2S/c1-15(2,3)16(4,18)12-8-10-6-7-11(20-5)9-13(10)19-14(12)17/h6-9H,18H2,1-5H3. The summed E-state index contributed by atoms with van der Waals surface area (Å²) in [7, 11) is 0. The van der Waals surface area contributed by atoms with E-state index in [0.717, 1.165) is 16.5 Å². The van der Waals surface area contributed by atoms with Crippen LogP contribution in [0.2, 0.25) is 5.15 Å². The summed E-state index contributed by atoms with van der Waals surface area (Å²) in [5, 5.41) is 1.57. The average molecular weight is 309 g/mol. The van der Waals surface area contributed by atoms with Gasteiger partial charge in [-0.15, -0.1) is 11.8 Å². The van der Waals surface area contributed by atoms with E-state index in [1.807, 2.05) is 13.2 Å². The maximum absolute atomic E-state index is 6.53. The zero-order chi connectivity index (χ0) is 15.1. The van der Waals surface area contributed by atoms with E-state index in [4.69, 9.17) is 17.3 Å². The number of fused-ring (bicyclic) bond motifs is 1. The molecule has 108 valence electrons. The van der Waals surface area contributed by atoms with Crippen LogP contribution in [-0.4, -0.2) is 11.2 Å². The van der Waals surface area contributed by atoms with E-state index in [2.05, 4.69) is 50.0 Å². The third-order valence-electron chi connectivity index (χ3n) is 4.10. The molecule has 4 heteroatoms. The van der Waals surface area contributed by atoms with Gasteiger partial charge in [0.1, 0.15) is 5.15 Å². The quantitative estimate of drug-likeness (QED) is 0.638. The van der Waals surface area contributed by atoms with Crippen molar-refractivity contribution in [2.24, 2.45) is 11.1 Å². The maximum Gasteiger partial charge on any atom is 0.134 e. The van der Waals surface area contributed by atoms with E-state index >= 15 is 0 Å². The molecule has 2 rings (SSSR count). The van der Waals surface area contributed by atoms with Crippen LogP contribution in [0.15, 0.2) is 29.2 Å². The first-order valence-electron chi connectivity index (χ1n) is 6.60. The van der Waals surface area contributed by atoms with Gasteiger partial charge in [0.2, 0.25) is 0 Å². The number of aromatic nitrogens is 1. The predicted molar refractivity (Wildman–Crippen MR) is 89.5 cm³/mol. The van der Waals surface area contributed by atoms with Crippen LogP contribution in [0.3, 0.4) is 0 Å². The van der Waals surface area contributed by atoms with Crippen molar-refractivity contribution in [2.45, 2.75) is 38.1 Å². The van der Waals surface area contributed by atoms with Crippen molar-refractivity contribution in [1.82, 2.24) is 4.98 Å². The van der Waals surface area contributed by atoms with E-state index < -0.39 is 5.54 Å². The molecule has 0 spiro atoms. The van der Waals surface area contributed by atoms with Crippen LogP contribution in [0.1, 0.15) is 33.3 Å². The number of hydrogen-bond donors (Lipinski definition) is 1. The second kappa shape index (κ2) is 5.21. The van der Waals surface area contributed by atoms with Gasteiger partial charge in [0, 0.05) is 21.4 Å². The number of nitrogens with zero attached hydrogens (tertiary/aromatic N) is 1. The van der Waals surface area contributed by atoms with Gasteiger partial charge in [-0.1, -0.05) is 38.4 Å². The molecule has 0 aliphatic rings. The Morgan fingerprint density at radius 2 is 1.80 bits per heavy atom. The molecule has 1 aromatic heterocycles. The molecule has 2 N–H and O–H groups in total. The molecule has 2 aromatic rings. The number of benzene rings is 1. The van der Waals surface area contributed by atoms with E-state index in [9.17, 15) is 0 Å². The molecule has 1 atom stereocenters. The molecule has 0 amide bonds. The number of rotatable bonds is 2. The lowest BCUT2D eigenvalue weighted by molar-refractivity contribution is 0.210. The molecule has 0 aliphatic carbocycles. The molecule has 20 heavy (non-hydrogen) atoms. The Bertz CT molecular complexity index is 645. The zero-order valence-electron chi connectivity index (χ0n) is 12.6. The third kappa shape index (κ3) is 2.67. The lowest BCUT2D eigenvalue weighted by Crippen LogP contribution is -2.45.